The molecule has 0 radical (unpaired) electrons. The van der Waals surface area contributed by atoms with E-state index in [1.165, 1.54) is 11.3 Å². The van der Waals surface area contributed by atoms with Gasteiger partial charge in [0.2, 0.25) is 0 Å². The summed E-state index contributed by atoms with van der Waals surface area (Å²) in [7, 11) is 0. The first-order valence-electron chi connectivity index (χ1n) is 8.01. The fourth-order valence-electron chi connectivity index (χ4n) is 2.51. The maximum Gasteiger partial charge on any atom is 0.270 e. The first-order chi connectivity index (χ1) is 11.7. The van der Waals surface area contributed by atoms with Crippen LogP contribution in [-0.2, 0) is 17.7 Å². The van der Waals surface area contributed by atoms with E-state index in [4.69, 9.17) is 4.74 Å². The summed E-state index contributed by atoms with van der Waals surface area (Å²) in [5.41, 5.74) is 1.55. The van der Waals surface area contributed by atoms with Crippen molar-refractivity contribution in [3.8, 4) is 5.75 Å². The lowest BCUT2D eigenvalue weighted by molar-refractivity contribution is 0.0341. The van der Waals surface area contributed by atoms with Crippen LogP contribution in [0.1, 0.15) is 21.1 Å². The van der Waals surface area contributed by atoms with E-state index in [-0.39, 0.29) is 11.7 Å². The summed E-state index contributed by atoms with van der Waals surface area (Å²) in [5.74, 6) is 0.108. The van der Waals surface area contributed by atoms with Crippen molar-refractivity contribution in [3.63, 3.8) is 0 Å². The first kappa shape index (κ1) is 16.9. The van der Waals surface area contributed by atoms with E-state index in [2.05, 4.69) is 15.2 Å². The molecule has 0 spiro atoms. The number of ether oxygens (including phenoxy) is 1. The number of benzene rings is 1. The largest absolute Gasteiger partial charge is 0.508 e. The minimum atomic E-state index is -0.141. The normalized spacial score (nSPS) is 15.3. The Morgan fingerprint density at radius 3 is 2.79 bits per heavy atom. The third-order valence-corrected chi connectivity index (χ3v) is 4.72. The van der Waals surface area contributed by atoms with E-state index in [1.54, 1.807) is 12.1 Å². The van der Waals surface area contributed by atoms with E-state index in [0.717, 1.165) is 49.8 Å². The van der Waals surface area contributed by atoms with E-state index < -0.39 is 0 Å². The molecule has 3 rings (SSSR count). The molecule has 1 aliphatic rings. The third kappa shape index (κ3) is 4.77. The summed E-state index contributed by atoms with van der Waals surface area (Å²) in [6, 6.07) is 7.00. The molecule has 0 aliphatic carbocycles. The molecule has 24 heavy (non-hydrogen) atoms. The van der Waals surface area contributed by atoms with Crippen LogP contribution < -0.4 is 5.32 Å². The van der Waals surface area contributed by atoms with E-state index in [1.807, 2.05) is 17.5 Å². The van der Waals surface area contributed by atoms with Crippen LogP contribution in [-0.4, -0.2) is 53.7 Å². The number of amides is 1. The SMILES string of the molecule is O=C(NCCc1ccc(O)cc1)c1csc(CN2CCOCC2)n1. The van der Waals surface area contributed by atoms with Crippen LogP contribution in [0, 0.1) is 0 Å². The number of carbonyl (C=O) groups excluding carboxylic acids is 1. The number of hydrogen-bond donors (Lipinski definition) is 2. The first-order valence-corrected chi connectivity index (χ1v) is 8.89. The van der Waals surface area contributed by atoms with Gasteiger partial charge in [0.05, 0.1) is 19.8 Å². The lowest BCUT2D eigenvalue weighted by Crippen LogP contribution is -2.35. The highest BCUT2D eigenvalue weighted by Crippen LogP contribution is 2.14. The van der Waals surface area contributed by atoms with Crippen molar-refractivity contribution < 1.29 is 14.6 Å². The molecular formula is C17H21N3O3S. The zero-order valence-corrected chi connectivity index (χ0v) is 14.2. The average Bonchev–Trinajstić information content (AvgIpc) is 3.06. The molecule has 1 fully saturated rings. The van der Waals surface area contributed by atoms with Crippen LogP contribution in [0.15, 0.2) is 29.6 Å². The molecule has 2 N–H and O–H groups in total. The standard InChI is InChI=1S/C17H21N3O3S/c21-14-3-1-13(2-4-14)5-6-18-17(22)15-12-24-16(19-15)11-20-7-9-23-10-8-20/h1-4,12,21H,5-11H2,(H,18,22). The Hall–Kier alpha value is -1.96. The zero-order valence-electron chi connectivity index (χ0n) is 13.4. The van der Waals surface area contributed by atoms with E-state index in [0.29, 0.717) is 12.2 Å². The number of aromatic nitrogens is 1. The van der Waals surface area contributed by atoms with Crippen molar-refractivity contribution in [1.82, 2.24) is 15.2 Å². The van der Waals surface area contributed by atoms with Crippen molar-refractivity contribution in [2.75, 3.05) is 32.8 Å². The molecular weight excluding hydrogens is 326 g/mol. The molecule has 1 aliphatic heterocycles. The monoisotopic (exact) mass is 347 g/mol. The second-order valence-electron chi connectivity index (χ2n) is 5.69. The molecule has 1 saturated heterocycles. The fourth-order valence-corrected chi connectivity index (χ4v) is 3.33. The molecule has 1 aromatic heterocycles. The van der Waals surface area contributed by atoms with Gasteiger partial charge in [0, 0.05) is 25.0 Å². The number of nitrogens with one attached hydrogen (secondary N) is 1. The molecule has 1 aromatic carbocycles. The van der Waals surface area contributed by atoms with Crippen LogP contribution in [0.4, 0.5) is 0 Å². The van der Waals surface area contributed by atoms with Gasteiger partial charge >= 0.3 is 0 Å². The Kier molecular flexibility index (Phi) is 5.79. The predicted octanol–water partition coefficient (Wildman–Crippen LogP) is 1.65. The van der Waals surface area contributed by atoms with Gasteiger partial charge in [-0.05, 0) is 24.1 Å². The number of phenols is 1. The molecule has 1 amide bonds. The van der Waals surface area contributed by atoms with Gasteiger partial charge in [-0.15, -0.1) is 11.3 Å². The molecule has 0 saturated carbocycles. The van der Waals surface area contributed by atoms with Crippen molar-refractivity contribution in [2.24, 2.45) is 0 Å². The number of morpholine rings is 1. The van der Waals surface area contributed by atoms with Gasteiger partial charge in [0.15, 0.2) is 0 Å². The Labute approximate surface area is 145 Å². The fraction of sp³-hybridized carbons (Fsp3) is 0.412. The zero-order chi connectivity index (χ0) is 16.8. The van der Waals surface area contributed by atoms with E-state index in [9.17, 15) is 9.90 Å². The molecule has 0 atom stereocenters. The number of rotatable bonds is 6. The number of hydrogen-bond acceptors (Lipinski definition) is 6. The number of aromatic hydroxyl groups is 1. The summed E-state index contributed by atoms with van der Waals surface area (Å²) < 4.78 is 5.33. The van der Waals surface area contributed by atoms with Gasteiger partial charge in [-0.3, -0.25) is 9.69 Å². The smallest absolute Gasteiger partial charge is 0.270 e. The van der Waals surface area contributed by atoms with Gasteiger partial charge < -0.3 is 15.2 Å². The second kappa shape index (κ2) is 8.23. The number of thiazole rings is 1. The van der Waals surface area contributed by atoms with Gasteiger partial charge in [-0.2, -0.15) is 0 Å². The molecule has 2 aromatic rings. The number of phenolic OH excluding ortho intramolecular Hbond substituents is 1. The summed E-state index contributed by atoms with van der Waals surface area (Å²) >= 11 is 1.52. The summed E-state index contributed by atoms with van der Waals surface area (Å²) in [6.45, 7) is 4.65. The van der Waals surface area contributed by atoms with E-state index >= 15 is 0 Å². The quantitative estimate of drug-likeness (QED) is 0.831. The maximum atomic E-state index is 12.2. The molecule has 7 heteroatoms. The van der Waals surface area contributed by atoms with Gasteiger partial charge in [0.1, 0.15) is 16.5 Å². The Bertz CT molecular complexity index is 666. The van der Waals surface area contributed by atoms with Crippen molar-refractivity contribution in [1.29, 1.82) is 0 Å². The Morgan fingerprint density at radius 1 is 1.29 bits per heavy atom. The molecule has 0 bridgehead atoms. The number of nitrogens with zero attached hydrogens (tertiary/aromatic N) is 2. The van der Waals surface area contributed by atoms with Crippen molar-refractivity contribution >= 4 is 17.2 Å². The highest BCUT2D eigenvalue weighted by Gasteiger charge is 2.15. The van der Waals surface area contributed by atoms with Crippen LogP contribution in [0.3, 0.4) is 0 Å². The van der Waals surface area contributed by atoms with Crippen molar-refractivity contribution in [3.05, 3.63) is 45.9 Å². The van der Waals surface area contributed by atoms with Crippen LogP contribution in [0.2, 0.25) is 0 Å². The van der Waals surface area contributed by atoms with Crippen LogP contribution >= 0.6 is 11.3 Å². The summed E-state index contributed by atoms with van der Waals surface area (Å²) in [4.78, 5) is 18.9. The van der Waals surface area contributed by atoms with Gasteiger partial charge in [0.25, 0.3) is 5.91 Å². The van der Waals surface area contributed by atoms with Crippen molar-refractivity contribution in [2.45, 2.75) is 13.0 Å². The molecule has 128 valence electrons. The topological polar surface area (TPSA) is 74.7 Å². The van der Waals surface area contributed by atoms with Gasteiger partial charge in [-0.25, -0.2) is 4.98 Å². The third-order valence-electron chi connectivity index (χ3n) is 3.88. The van der Waals surface area contributed by atoms with Crippen LogP contribution in [0.5, 0.6) is 5.75 Å². The van der Waals surface area contributed by atoms with Crippen LogP contribution in [0.25, 0.3) is 0 Å². The Balaban J connectivity index is 1.45. The minimum absolute atomic E-state index is 0.141. The highest BCUT2D eigenvalue weighted by molar-refractivity contribution is 7.09. The lowest BCUT2D eigenvalue weighted by atomic mass is 10.1. The Morgan fingerprint density at radius 2 is 2.04 bits per heavy atom. The summed E-state index contributed by atoms with van der Waals surface area (Å²) in [5, 5.41) is 14.9. The maximum absolute atomic E-state index is 12.2. The van der Waals surface area contributed by atoms with Gasteiger partial charge in [-0.1, -0.05) is 12.1 Å². The highest BCUT2D eigenvalue weighted by atomic mass is 32.1. The average molecular weight is 347 g/mol. The molecule has 6 nitrogen and oxygen atoms in total. The molecule has 0 unspecified atom stereocenters. The predicted molar refractivity (Wildman–Crippen MR) is 92.4 cm³/mol. The lowest BCUT2D eigenvalue weighted by Gasteiger charge is -2.25. The minimum Gasteiger partial charge on any atom is -0.508 e. The second-order valence-corrected chi connectivity index (χ2v) is 6.63. The number of carbonyl (C=O) groups is 1. The molecule has 2 heterocycles. The summed E-state index contributed by atoms with van der Waals surface area (Å²) in [6.07, 6.45) is 0.719.